The first-order chi connectivity index (χ1) is 12.1. The van der Waals surface area contributed by atoms with E-state index < -0.39 is 41.3 Å². The third kappa shape index (κ3) is 5.01. The number of hydrogen-bond acceptors (Lipinski definition) is 3. The number of alkyl halides is 3. The van der Waals surface area contributed by atoms with Gasteiger partial charge in [-0.15, -0.1) is 13.2 Å². The fourth-order valence-corrected chi connectivity index (χ4v) is 1.82. The molecule has 0 heterocycles. The minimum atomic E-state index is -5.12. The van der Waals surface area contributed by atoms with Gasteiger partial charge in [0.15, 0.2) is 17.4 Å². The maximum atomic E-state index is 13.9. The quantitative estimate of drug-likeness (QED) is 0.317. The van der Waals surface area contributed by atoms with Crippen LogP contribution < -0.4 is 9.47 Å². The number of ether oxygens (including phenoxy) is 2. The highest BCUT2D eigenvalue weighted by atomic mass is 19.4. The molecule has 0 unspecified atom stereocenters. The highest BCUT2D eigenvalue weighted by molar-refractivity contribution is 5.94. The van der Waals surface area contributed by atoms with Gasteiger partial charge in [-0.3, -0.25) is 0 Å². The van der Waals surface area contributed by atoms with Gasteiger partial charge in [0.25, 0.3) is 0 Å². The predicted octanol–water partition coefficient (Wildman–Crippen LogP) is 5.25. The van der Waals surface area contributed by atoms with E-state index in [1.54, 1.807) is 6.92 Å². The fraction of sp³-hybridized carbons (Fsp3) is 0.118. The van der Waals surface area contributed by atoms with Crippen LogP contribution in [0.3, 0.4) is 0 Å². The monoisotopic (exact) mass is 376 g/mol. The van der Waals surface area contributed by atoms with Crippen LogP contribution >= 0.6 is 0 Å². The molecule has 0 aliphatic carbocycles. The van der Waals surface area contributed by atoms with Crippen molar-refractivity contribution in [3.05, 3.63) is 65.2 Å². The van der Waals surface area contributed by atoms with E-state index in [0.717, 1.165) is 11.6 Å². The number of halogens is 6. The second-order valence-electron chi connectivity index (χ2n) is 5.02. The van der Waals surface area contributed by atoms with Crippen LogP contribution in [-0.2, 0) is 4.79 Å². The van der Waals surface area contributed by atoms with Crippen molar-refractivity contribution in [2.24, 2.45) is 0 Å². The van der Waals surface area contributed by atoms with E-state index in [1.165, 1.54) is 24.3 Å². The number of hydrogen-bond donors (Lipinski definition) is 0. The molecule has 2 aromatic carbocycles. The topological polar surface area (TPSA) is 35.5 Å². The summed E-state index contributed by atoms with van der Waals surface area (Å²) in [5, 5.41) is 0. The lowest BCUT2D eigenvalue weighted by Gasteiger charge is -2.10. The van der Waals surface area contributed by atoms with Crippen LogP contribution in [0, 0.1) is 12.7 Å². The van der Waals surface area contributed by atoms with Crippen LogP contribution in [0.2, 0.25) is 0 Å². The molecular weight excluding hydrogens is 366 g/mol. The normalized spacial score (nSPS) is 12.4. The van der Waals surface area contributed by atoms with E-state index in [-0.39, 0.29) is 5.56 Å². The summed E-state index contributed by atoms with van der Waals surface area (Å²) < 4.78 is 85.2. The summed E-state index contributed by atoms with van der Waals surface area (Å²) in [6, 6.07) is 7.09. The van der Waals surface area contributed by atoms with Gasteiger partial charge in [-0.05, 0) is 19.1 Å². The van der Waals surface area contributed by atoms with Crippen LogP contribution in [-0.4, -0.2) is 12.3 Å². The maximum absolute atomic E-state index is 13.9. The summed E-state index contributed by atoms with van der Waals surface area (Å²) in [5.41, 5.74) is 0.561. The smallest absolute Gasteiger partial charge is 0.421 e. The molecular formula is C17H10F6O3. The van der Waals surface area contributed by atoms with E-state index in [9.17, 15) is 31.1 Å². The van der Waals surface area contributed by atoms with Crippen molar-refractivity contribution < 1.29 is 40.6 Å². The summed E-state index contributed by atoms with van der Waals surface area (Å²) in [7, 11) is 0. The lowest BCUT2D eigenvalue weighted by molar-refractivity contribution is -0.275. The van der Waals surface area contributed by atoms with Crippen molar-refractivity contribution in [3.63, 3.8) is 0 Å². The minimum absolute atomic E-state index is 0.217. The molecule has 2 rings (SSSR count). The highest BCUT2D eigenvalue weighted by Gasteiger charge is 2.32. The van der Waals surface area contributed by atoms with Gasteiger partial charge in [0.2, 0.25) is 5.83 Å². The van der Waals surface area contributed by atoms with Crippen molar-refractivity contribution >= 4 is 11.8 Å². The zero-order valence-electron chi connectivity index (χ0n) is 13.0. The summed E-state index contributed by atoms with van der Waals surface area (Å²) in [5.74, 6) is -8.44. The maximum Gasteiger partial charge on any atom is 0.573 e. The van der Waals surface area contributed by atoms with Gasteiger partial charge in [0, 0.05) is 11.6 Å². The first-order valence-corrected chi connectivity index (χ1v) is 6.96. The predicted molar refractivity (Wildman–Crippen MR) is 79.0 cm³/mol. The Hall–Kier alpha value is -2.97. The molecule has 9 heteroatoms. The molecule has 0 radical (unpaired) electrons. The lowest BCUT2D eigenvalue weighted by atomic mass is 10.1. The molecule has 0 bridgehead atoms. The van der Waals surface area contributed by atoms with Crippen LogP contribution in [0.15, 0.2) is 48.3 Å². The first kappa shape index (κ1) is 19.4. The molecule has 138 valence electrons. The molecule has 0 atom stereocenters. The molecule has 0 aromatic heterocycles. The number of carbonyl (C=O) groups excluding carboxylic acids is 1. The number of esters is 1. The van der Waals surface area contributed by atoms with E-state index in [2.05, 4.69) is 9.47 Å². The fourth-order valence-electron chi connectivity index (χ4n) is 1.82. The Morgan fingerprint density at radius 3 is 2.15 bits per heavy atom. The molecule has 3 nitrogen and oxygen atoms in total. The molecule has 0 saturated carbocycles. The molecule has 0 fully saturated rings. The van der Waals surface area contributed by atoms with E-state index >= 15 is 0 Å². The molecule has 0 amide bonds. The van der Waals surface area contributed by atoms with Gasteiger partial charge in [0.05, 0.1) is 0 Å². The SMILES string of the molecule is Cc1ccc(/C(F)=C(/F)C(=O)Oc2ccc(OC(F)(F)F)c(F)c2)cc1. The molecule has 26 heavy (non-hydrogen) atoms. The van der Waals surface area contributed by atoms with Gasteiger partial charge < -0.3 is 9.47 Å². The largest absolute Gasteiger partial charge is 0.573 e. The van der Waals surface area contributed by atoms with Gasteiger partial charge in [0.1, 0.15) is 5.75 Å². The van der Waals surface area contributed by atoms with Crippen LogP contribution in [0.4, 0.5) is 26.3 Å². The Morgan fingerprint density at radius 1 is 1.00 bits per heavy atom. The Bertz CT molecular complexity index is 841. The minimum Gasteiger partial charge on any atom is -0.421 e. The van der Waals surface area contributed by atoms with Crippen molar-refractivity contribution in [1.29, 1.82) is 0 Å². The second kappa shape index (κ2) is 7.51. The van der Waals surface area contributed by atoms with Crippen molar-refractivity contribution in [2.45, 2.75) is 13.3 Å². The molecule has 0 aliphatic rings. The second-order valence-corrected chi connectivity index (χ2v) is 5.02. The van der Waals surface area contributed by atoms with Crippen LogP contribution in [0.5, 0.6) is 11.5 Å². The van der Waals surface area contributed by atoms with Gasteiger partial charge >= 0.3 is 12.3 Å². The Kier molecular flexibility index (Phi) is 5.59. The van der Waals surface area contributed by atoms with E-state index in [1.807, 2.05) is 0 Å². The molecule has 0 N–H and O–H groups in total. The van der Waals surface area contributed by atoms with Crippen LogP contribution in [0.1, 0.15) is 11.1 Å². The average Bonchev–Trinajstić information content (AvgIpc) is 2.55. The van der Waals surface area contributed by atoms with Gasteiger partial charge in [-0.25, -0.2) is 13.6 Å². The molecule has 2 aromatic rings. The highest BCUT2D eigenvalue weighted by Crippen LogP contribution is 2.29. The van der Waals surface area contributed by atoms with Crippen molar-refractivity contribution in [3.8, 4) is 11.5 Å². The van der Waals surface area contributed by atoms with Crippen molar-refractivity contribution in [1.82, 2.24) is 0 Å². The number of benzene rings is 2. The van der Waals surface area contributed by atoms with Crippen molar-refractivity contribution in [2.75, 3.05) is 0 Å². The standard InChI is InChI=1S/C17H10F6O3/c1-9-2-4-10(5-3-9)14(19)15(20)16(24)25-11-6-7-13(12(18)8-11)26-17(21,22)23/h2-8H,1H3/b15-14-. The average molecular weight is 376 g/mol. The third-order valence-corrected chi connectivity index (χ3v) is 3.02. The first-order valence-electron chi connectivity index (χ1n) is 6.96. The van der Waals surface area contributed by atoms with Gasteiger partial charge in [-0.1, -0.05) is 29.8 Å². The van der Waals surface area contributed by atoms with Crippen LogP contribution in [0.25, 0.3) is 5.83 Å². The number of carbonyl (C=O) groups is 1. The summed E-state index contributed by atoms with van der Waals surface area (Å²) in [6.45, 7) is 1.72. The number of rotatable bonds is 4. The summed E-state index contributed by atoms with van der Waals surface area (Å²) in [4.78, 5) is 11.6. The van der Waals surface area contributed by atoms with E-state index in [4.69, 9.17) is 0 Å². The van der Waals surface area contributed by atoms with Gasteiger partial charge in [-0.2, -0.15) is 4.39 Å². The Morgan fingerprint density at radius 2 is 1.62 bits per heavy atom. The summed E-state index contributed by atoms with van der Waals surface area (Å²) in [6.07, 6.45) is -5.12. The Labute approximate surface area is 143 Å². The number of aryl methyl sites for hydroxylation is 1. The summed E-state index contributed by atoms with van der Waals surface area (Å²) >= 11 is 0. The van der Waals surface area contributed by atoms with E-state index in [0.29, 0.717) is 12.1 Å². The lowest BCUT2D eigenvalue weighted by Crippen LogP contribution is -2.18. The molecule has 0 spiro atoms. The third-order valence-electron chi connectivity index (χ3n) is 3.02. The Balaban J connectivity index is 2.17. The zero-order chi connectivity index (χ0) is 19.5. The zero-order valence-corrected chi connectivity index (χ0v) is 13.0. The molecule has 0 saturated heterocycles. The molecule has 0 aliphatic heterocycles.